The number of benzene rings is 1. The third-order valence-corrected chi connectivity index (χ3v) is 4.06. The molecule has 22 heavy (non-hydrogen) atoms. The van der Waals surface area contributed by atoms with E-state index in [0.29, 0.717) is 13.1 Å². The number of carbonyl (C=O) groups is 1. The van der Waals surface area contributed by atoms with Crippen molar-refractivity contribution in [1.82, 2.24) is 14.9 Å². The van der Waals surface area contributed by atoms with Crippen LogP contribution in [0.3, 0.4) is 0 Å². The zero-order chi connectivity index (χ0) is 15.5. The predicted octanol–water partition coefficient (Wildman–Crippen LogP) is 2.06. The van der Waals surface area contributed by atoms with Crippen LogP contribution in [-0.4, -0.2) is 47.0 Å². The highest BCUT2D eigenvalue weighted by atomic mass is 16.2. The van der Waals surface area contributed by atoms with Gasteiger partial charge < -0.3 is 9.80 Å². The summed E-state index contributed by atoms with van der Waals surface area (Å²) in [6, 6.07) is 6.03. The topological polar surface area (TPSA) is 49.3 Å². The van der Waals surface area contributed by atoms with Crippen molar-refractivity contribution < 1.29 is 4.79 Å². The second-order valence-corrected chi connectivity index (χ2v) is 5.66. The van der Waals surface area contributed by atoms with Crippen LogP contribution in [0, 0.1) is 13.8 Å². The van der Waals surface area contributed by atoms with Crippen molar-refractivity contribution in [3.63, 3.8) is 0 Å². The summed E-state index contributed by atoms with van der Waals surface area (Å²) in [6.07, 6.45) is 5.13. The molecule has 2 aromatic rings. The minimum Gasteiger partial charge on any atom is -0.352 e. The molecule has 0 bridgehead atoms. The van der Waals surface area contributed by atoms with Crippen molar-refractivity contribution in [2.45, 2.75) is 13.8 Å². The van der Waals surface area contributed by atoms with Crippen LogP contribution in [0.25, 0.3) is 0 Å². The maximum atomic E-state index is 12.7. The highest BCUT2D eigenvalue weighted by Gasteiger charge is 2.23. The Kier molecular flexibility index (Phi) is 4.04. The van der Waals surface area contributed by atoms with Crippen LogP contribution in [0.4, 0.5) is 5.82 Å². The molecule has 2 heterocycles. The average Bonchev–Trinajstić information content (AvgIpc) is 2.57. The molecule has 1 aliphatic heterocycles. The molecule has 0 saturated carbocycles. The summed E-state index contributed by atoms with van der Waals surface area (Å²) in [6.45, 7) is 7.00. The Hall–Kier alpha value is -2.43. The van der Waals surface area contributed by atoms with Crippen molar-refractivity contribution in [2.24, 2.45) is 0 Å². The number of aromatic nitrogens is 2. The second kappa shape index (κ2) is 6.13. The first kappa shape index (κ1) is 14.5. The SMILES string of the molecule is Cc1ccc(C)c(C(=O)N2CCN(c3cnccn3)CC2)c1. The van der Waals surface area contributed by atoms with E-state index in [-0.39, 0.29) is 5.91 Å². The minimum absolute atomic E-state index is 0.125. The van der Waals surface area contributed by atoms with Gasteiger partial charge >= 0.3 is 0 Å². The van der Waals surface area contributed by atoms with Crippen LogP contribution in [-0.2, 0) is 0 Å². The van der Waals surface area contributed by atoms with Gasteiger partial charge in [0.15, 0.2) is 0 Å². The fourth-order valence-corrected chi connectivity index (χ4v) is 2.73. The molecule has 5 heteroatoms. The van der Waals surface area contributed by atoms with Gasteiger partial charge in [0.05, 0.1) is 6.20 Å². The molecule has 0 spiro atoms. The quantitative estimate of drug-likeness (QED) is 0.851. The van der Waals surface area contributed by atoms with Gasteiger partial charge in [0.1, 0.15) is 5.82 Å². The van der Waals surface area contributed by atoms with E-state index < -0.39 is 0 Å². The Morgan fingerprint density at radius 3 is 2.55 bits per heavy atom. The van der Waals surface area contributed by atoms with Crippen LogP contribution >= 0.6 is 0 Å². The number of nitrogens with zero attached hydrogens (tertiary/aromatic N) is 4. The molecule has 1 saturated heterocycles. The summed E-state index contributed by atoms with van der Waals surface area (Å²) in [4.78, 5) is 25.2. The Bertz CT molecular complexity index is 664. The van der Waals surface area contributed by atoms with Crippen LogP contribution in [0.1, 0.15) is 21.5 Å². The van der Waals surface area contributed by atoms with E-state index in [1.807, 2.05) is 36.9 Å². The van der Waals surface area contributed by atoms with Crippen molar-refractivity contribution >= 4 is 11.7 Å². The molecule has 1 amide bonds. The van der Waals surface area contributed by atoms with E-state index in [0.717, 1.165) is 35.6 Å². The molecule has 5 nitrogen and oxygen atoms in total. The first-order valence-electron chi connectivity index (χ1n) is 7.52. The lowest BCUT2D eigenvalue weighted by molar-refractivity contribution is 0.0745. The fourth-order valence-electron chi connectivity index (χ4n) is 2.73. The molecular formula is C17H20N4O. The zero-order valence-electron chi connectivity index (χ0n) is 13.0. The third kappa shape index (κ3) is 2.93. The lowest BCUT2D eigenvalue weighted by Crippen LogP contribution is -2.49. The van der Waals surface area contributed by atoms with Gasteiger partial charge in [0, 0.05) is 44.1 Å². The number of hydrogen-bond donors (Lipinski definition) is 0. The molecule has 114 valence electrons. The number of hydrogen-bond acceptors (Lipinski definition) is 4. The number of amides is 1. The zero-order valence-corrected chi connectivity index (χ0v) is 13.0. The van der Waals surface area contributed by atoms with E-state index in [4.69, 9.17) is 0 Å². The van der Waals surface area contributed by atoms with Crippen LogP contribution in [0.5, 0.6) is 0 Å². The first-order chi connectivity index (χ1) is 10.6. The van der Waals surface area contributed by atoms with Gasteiger partial charge in [-0.2, -0.15) is 0 Å². The maximum Gasteiger partial charge on any atom is 0.254 e. The van der Waals surface area contributed by atoms with Crippen molar-refractivity contribution in [1.29, 1.82) is 0 Å². The Morgan fingerprint density at radius 1 is 1.09 bits per heavy atom. The summed E-state index contributed by atoms with van der Waals surface area (Å²) in [5.41, 5.74) is 2.96. The van der Waals surface area contributed by atoms with Gasteiger partial charge in [-0.3, -0.25) is 9.78 Å². The lowest BCUT2D eigenvalue weighted by atomic mass is 10.0. The molecule has 0 radical (unpaired) electrons. The Morgan fingerprint density at radius 2 is 1.86 bits per heavy atom. The van der Waals surface area contributed by atoms with Gasteiger partial charge in [-0.25, -0.2) is 4.98 Å². The molecular weight excluding hydrogens is 276 g/mol. The average molecular weight is 296 g/mol. The normalized spacial score (nSPS) is 15.0. The first-order valence-corrected chi connectivity index (χ1v) is 7.52. The summed E-state index contributed by atoms with van der Waals surface area (Å²) >= 11 is 0. The third-order valence-electron chi connectivity index (χ3n) is 4.06. The van der Waals surface area contributed by atoms with E-state index >= 15 is 0 Å². The van der Waals surface area contributed by atoms with Gasteiger partial charge in [-0.05, 0) is 25.5 Å². The summed E-state index contributed by atoms with van der Waals surface area (Å²) in [5, 5.41) is 0. The van der Waals surface area contributed by atoms with Crippen LogP contribution in [0.2, 0.25) is 0 Å². The van der Waals surface area contributed by atoms with Crippen LogP contribution in [0.15, 0.2) is 36.8 Å². The van der Waals surface area contributed by atoms with Crippen molar-refractivity contribution in [3.8, 4) is 0 Å². The van der Waals surface area contributed by atoms with E-state index in [1.54, 1.807) is 18.6 Å². The Balaban J connectivity index is 1.68. The summed E-state index contributed by atoms with van der Waals surface area (Å²) < 4.78 is 0. The number of aryl methyl sites for hydroxylation is 2. The van der Waals surface area contributed by atoms with E-state index in [2.05, 4.69) is 14.9 Å². The van der Waals surface area contributed by atoms with Crippen LogP contribution < -0.4 is 4.90 Å². The molecule has 0 N–H and O–H groups in total. The van der Waals surface area contributed by atoms with Gasteiger partial charge in [-0.1, -0.05) is 17.7 Å². The van der Waals surface area contributed by atoms with Crippen molar-refractivity contribution in [3.05, 3.63) is 53.5 Å². The van der Waals surface area contributed by atoms with E-state index in [9.17, 15) is 4.79 Å². The van der Waals surface area contributed by atoms with Gasteiger partial charge in [0.25, 0.3) is 5.91 Å². The number of anilines is 1. The number of carbonyl (C=O) groups excluding carboxylic acids is 1. The van der Waals surface area contributed by atoms with Gasteiger partial charge in [0.2, 0.25) is 0 Å². The largest absolute Gasteiger partial charge is 0.352 e. The van der Waals surface area contributed by atoms with Crippen molar-refractivity contribution in [2.75, 3.05) is 31.1 Å². The monoisotopic (exact) mass is 296 g/mol. The van der Waals surface area contributed by atoms with Gasteiger partial charge in [-0.15, -0.1) is 0 Å². The number of piperazine rings is 1. The van der Waals surface area contributed by atoms with E-state index in [1.165, 1.54) is 0 Å². The molecule has 0 unspecified atom stereocenters. The standard InChI is InChI=1S/C17H20N4O/c1-13-3-4-14(2)15(11-13)17(22)21-9-7-20(8-10-21)16-12-18-5-6-19-16/h3-6,11-12H,7-10H2,1-2H3. The minimum atomic E-state index is 0.125. The number of rotatable bonds is 2. The molecule has 1 aliphatic rings. The second-order valence-electron chi connectivity index (χ2n) is 5.66. The highest BCUT2D eigenvalue weighted by Crippen LogP contribution is 2.17. The molecule has 1 aromatic carbocycles. The fraction of sp³-hybridized carbons (Fsp3) is 0.353. The molecule has 0 atom stereocenters. The maximum absolute atomic E-state index is 12.7. The smallest absolute Gasteiger partial charge is 0.254 e. The predicted molar refractivity (Wildman–Crippen MR) is 86.1 cm³/mol. The summed E-state index contributed by atoms with van der Waals surface area (Å²) in [7, 11) is 0. The highest BCUT2D eigenvalue weighted by molar-refractivity contribution is 5.96. The molecule has 3 rings (SSSR count). The molecule has 1 aromatic heterocycles. The summed E-state index contributed by atoms with van der Waals surface area (Å²) in [5.74, 6) is 1.00. The lowest BCUT2D eigenvalue weighted by Gasteiger charge is -2.35. The Labute approximate surface area is 130 Å². The molecule has 1 fully saturated rings. The molecule has 0 aliphatic carbocycles.